The number of methoxy groups -OCH3 is 7. The zero-order valence-corrected chi connectivity index (χ0v) is 24.7. The fourth-order valence-corrected chi connectivity index (χ4v) is 4.15. The van der Waals surface area contributed by atoms with Crippen molar-refractivity contribution >= 4 is 23.3 Å². The minimum absolute atomic E-state index is 0.124. The zero-order valence-electron chi connectivity index (χ0n) is 24.7. The van der Waals surface area contributed by atoms with Crippen molar-refractivity contribution in [1.29, 1.82) is 0 Å². The molecule has 0 saturated carbocycles. The summed E-state index contributed by atoms with van der Waals surface area (Å²) in [4.78, 5) is 25.9. The van der Waals surface area contributed by atoms with E-state index in [0.29, 0.717) is 51.5 Å². The summed E-state index contributed by atoms with van der Waals surface area (Å²) in [6, 6.07) is 12.0. The molecule has 3 aromatic carbocycles. The standard InChI is InChI=1S/C32H35NO9/c1-36-22-16-28(39-4)24(29(17-22)40-5)10-9-21(34)14-20-8-11-27(38-3)25(15-20)33-13-12-26(35)32-30(41-6)18-23(37-2)19-31(32)42-7/h8-13,15-19,33H,14H2,1-7H3/b10-9+,13-12+. The lowest BCUT2D eigenvalue weighted by molar-refractivity contribution is -0.113. The van der Waals surface area contributed by atoms with E-state index in [1.54, 1.807) is 55.7 Å². The number of anilines is 1. The van der Waals surface area contributed by atoms with Crippen LogP contribution in [0, 0.1) is 0 Å². The molecular weight excluding hydrogens is 542 g/mol. The number of ketones is 2. The molecule has 0 heterocycles. The summed E-state index contributed by atoms with van der Waals surface area (Å²) in [5.41, 5.74) is 2.18. The highest BCUT2D eigenvalue weighted by atomic mass is 16.5. The van der Waals surface area contributed by atoms with Gasteiger partial charge in [0.2, 0.25) is 0 Å². The second-order valence-electron chi connectivity index (χ2n) is 8.71. The van der Waals surface area contributed by atoms with Gasteiger partial charge in [-0.05, 0) is 29.8 Å². The third-order valence-corrected chi connectivity index (χ3v) is 6.27. The molecule has 0 aliphatic carbocycles. The van der Waals surface area contributed by atoms with Crippen LogP contribution in [0.15, 0.2) is 60.8 Å². The number of hydrogen-bond acceptors (Lipinski definition) is 10. The molecule has 10 heteroatoms. The molecule has 0 amide bonds. The van der Waals surface area contributed by atoms with Gasteiger partial charge in [-0.15, -0.1) is 0 Å². The number of rotatable bonds is 15. The Morgan fingerprint density at radius 3 is 1.67 bits per heavy atom. The van der Waals surface area contributed by atoms with Crippen LogP contribution in [-0.4, -0.2) is 61.3 Å². The van der Waals surface area contributed by atoms with Crippen LogP contribution in [0.2, 0.25) is 0 Å². The van der Waals surface area contributed by atoms with Crippen molar-refractivity contribution in [1.82, 2.24) is 0 Å². The third-order valence-electron chi connectivity index (χ3n) is 6.27. The van der Waals surface area contributed by atoms with Crippen molar-refractivity contribution in [3.8, 4) is 40.2 Å². The summed E-state index contributed by atoms with van der Waals surface area (Å²) in [5.74, 6) is 2.77. The minimum atomic E-state index is -0.348. The van der Waals surface area contributed by atoms with Gasteiger partial charge in [-0.3, -0.25) is 9.59 Å². The molecule has 1 N–H and O–H groups in total. The van der Waals surface area contributed by atoms with Crippen molar-refractivity contribution in [2.45, 2.75) is 6.42 Å². The molecule has 10 nitrogen and oxygen atoms in total. The molecule has 0 spiro atoms. The highest BCUT2D eigenvalue weighted by Crippen LogP contribution is 2.36. The first-order chi connectivity index (χ1) is 20.3. The molecule has 0 fully saturated rings. The van der Waals surface area contributed by atoms with Gasteiger partial charge in [0.05, 0.1) is 61.0 Å². The molecule has 3 aromatic rings. The maximum absolute atomic E-state index is 13.0. The van der Waals surface area contributed by atoms with Crippen LogP contribution in [0.1, 0.15) is 21.5 Å². The van der Waals surface area contributed by atoms with Crippen LogP contribution in [0.3, 0.4) is 0 Å². The van der Waals surface area contributed by atoms with Gasteiger partial charge < -0.3 is 38.5 Å². The average molecular weight is 578 g/mol. The van der Waals surface area contributed by atoms with Crippen molar-refractivity contribution in [2.75, 3.05) is 55.1 Å². The summed E-state index contributed by atoms with van der Waals surface area (Å²) >= 11 is 0. The Balaban J connectivity index is 1.78. The second-order valence-corrected chi connectivity index (χ2v) is 8.71. The Morgan fingerprint density at radius 1 is 0.643 bits per heavy atom. The first kappa shape index (κ1) is 31.4. The summed E-state index contributed by atoms with van der Waals surface area (Å²) in [6.45, 7) is 0. The maximum atomic E-state index is 13.0. The summed E-state index contributed by atoms with van der Waals surface area (Å²) in [7, 11) is 10.6. The SMILES string of the molecule is COc1cc(OC)c(/C=C/C(=O)Cc2ccc(OC)c(N/C=C/C(=O)c3c(OC)cc(OC)cc3OC)c2)c(OC)c1. The van der Waals surface area contributed by atoms with E-state index in [2.05, 4.69) is 5.32 Å². The summed E-state index contributed by atoms with van der Waals surface area (Å²) in [5, 5.41) is 3.07. The minimum Gasteiger partial charge on any atom is -0.496 e. The Bertz CT molecular complexity index is 1430. The van der Waals surface area contributed by atoms with Crippen molar-refractivity contribution in [3.63, 3.8) is 0 Å². The van der Waals surface area contributed by atoms with Gasteiger partial charge in [-0.1, -0.05) is 6.07 Å². The quantitative estimate of drug-likeness (QED) is 0.187. The predicted molar refractivity (Wildman–Crippen MR) is 160 cm³/mol. The van der Waals surface area contributed by atoms with Crippen LogP contribution in [0.5, 0.6) is 40.2 Å². The molecule has 0 aliphatic heterocycles. The van der Waals surface area contributed by atoms with E-state index in [1.807, 2.05) is 0 Å². The number of carbonyl (C=O) groups is 2. The van der Waals surface area contributed by atoms with Crippen LogP contribution in [0.4, 0.5) is 5.69 Å². The fraction of sp³-hybridized carbons (Fsp3) is 0.250. The molecule has 42 heavy (non-hydrogen) atoms. The van der Waals surface area contributed by atoms with Crippen LogP contribution in [-0.2, 0) is 11.2 Å². The molecule has 222 valence electrons. The number of benzene rings is 3. The van der Waals surface area contributed by atoms with Crippen molar-refractivity contribution in [2.24, 2.45) is 0 Å². The molecule has 0 atom stereocenters. The molecule has 0 aromatic heterocycles. The summed E-state index contributed by atoms with van der Waals surface area (Å²) in [6.07, 6.45) is 6.08. The molecule has 0 bridgehead atoms. The number of ether oxygens (including phenoxy) is 7. The predicted octanol–water partition coefficient (Wildman–Crippen LogP) is 5.38. The average Bonchev–Trinajstić information content (AvgIpc) is 3.02. The lowest BCUT2D eigenvalue weighted by Gasteiger charge is -2.13. The van der Waals surface area contributed by atoms with E-state index in [4.69, 9.17) is 33.2 Å². The first-order valence-corrected chi connectivity index (χ1v) is 12.8. The first-order valence-electron chi connectivity index (χ1n) is 12.8. The Labute approximate surface area is 245 Å². The van der Waals surface area contributed by atoms with Gasteiger partial charge in [0.15, 0.2) is 11.6 Å². The van der Waals surface area contributed by atoms with Crippen LogP contribution in [0.25, 0.3) is 6.08 Å². The largest absolute Gasteiger partial charge is 0.496 e. The van der Waals surface area contributed by atoms with Gasteiger partial charge in [0.25, 0.3) is 0 Å². The maximum Gasteiger partial charge on any atom is 0.194 e. The van der Waals surface area contributed by atoms with Crippen LogP contribution >= 0.6 is 0 Å². The third kappa shape index (κ3) is 7.54. The van der Waals surface area contributed by atoms with Crippen molar-refractivity contribution in [3.05, 3.63) is 77.5 Å². The highest BCUT2D eigenvalue weighted by Gasteiger charge is 2.19. The number of allylic oxidation sites excluding steroid dienone is 2. The fourth-order valence-electron chi connectivity index (χ4n) is 4.15. The molecule has 0 radical (unpaired) electrons. The number of hydrogen-bond donors (Lipinski definition) is 1. The molecule has 0 unspecified atom stereocenters. The Morgan fingerprint density at radius 2 is 1.17 bits per heavy atom. The topological polar surface area (TPSA) is 111 Å². The van der Waals surface area contributed by atoms with Gasteiger partial charge in [-0.25, -0.2) is 0 Å². The Hall–Kier alpha value is -5.12. The number of carbonyl (C=O) groups excluding carboxylic acids is 2. The summed E-state index contributed by atoms with van der Waals surface area (Å²) < 4.78 is 37.6. The Kier molecular flexibility index (Phi) is 11.2. The second kappa shape index (κ2) is 15.0. The van der Waals surface area contributed by atoms with E-state index < -0.39 is 0 Å². The van der Waals surface area contributed by atoms with E-state index >= 15 is 0 Å². The lowest BCUT2D eigenvalue weighted by Crippen LogP contribution is -2.04. The van der Waals surface area contributed by atoms with E-state index in [9.17, 15) is 9.59 Å². The van der Waals surface area contributed by atoms with E-state index in [1.165, 1.54) is 61.0 Å². The molecule has 3 rings (SSSR count). The smallest absolute Gasteiger partial charge is 0.194 e. The van der Waals surface area contributed by atoms with Gasteiger partial charge >= 0.3 is 0 Å². The molecular formula is C32H35NO9. The zero-order chi connectivity index (χ0) is 30.6. The van der Waals surface area contributed by atoms with Gasteiger partial charge in [0, 0.05) is 43.0 Å². The molecule has 0 aliphatic rings. The monoisotopic (exact) mass is 577 g/mol. The van der Waals surface area contributed by atoms with E-state index in [0.717, 1.165) is 5.56 Å². The number of nitrogens with one attached hydrogen (secondary N) is 1. The van der Waals surface area contributed by atoms with Crippen molar-refractivity contribution < 1.29 is 42.7 Å². The van der Waals surface area contributed by atoms with Gasteiger partial charge in [-0.2, -0.15) is 0 Å². The normalized spacial score (nSPS) is 10.8. The van der Waals surface area contributed by atoms with Crippen LogP contribution < -0.4 is 38.5 Å². The van der Waals surface area contributed by atoms with E-state index in [-0.39, 0.29) is 23.6 Å². The highest BCUT2D eigenvalue weighted by molar-refractivity contribution is 6.09. The van der Waals surface area contributed by atoms with Gasteiger partial charge in [0.1, 0.15) is 45.8 Å². The molecule has 0 saturated heterocycles. The lowest BCUT2D eigenvalue weighted by atomic mass is 10.1.